The fourth-order valence-corrected chi connectivity index (χ4v) is 2.25. The summed E-state index contributed by atoms with van der Waals surface area (Å²) in [6, 6.07) is 10.9. The molecule has 0 fully saturated rings. The highest BCUT2D eigenvalue weighted by Gasteiger charge is 2.07. The molecule has 0 radical (unpaired) electrons. The average molecular weight is 308 g/mol. The third-order valence-corrected chi connectivity index (χ3v) is 3.39. The molecule has 23 heavy (non-hydrogen) atoms. The number of anilines is 2. The Morgan fingerprint density at radius 1 is 1.22 bits per heavy atom. The number of carbonyl (C=O) groups excluding carboxylic acids is 1. The van der Waals surface area contributed by atoms with E-state index in [1.165, 1.54) is 6.33 Å². The second kappa shape index (κ2) is 6.27. The molecule has 116 valence electrons. The SMILES string of the molecule is CNC(=O)c1cccc(CNc2ncnc3nc(N)ccc23)c1. The number of pyridine rings is 1. The van der Waals surface area contributed by atoms with Gasteiger partial charge in [0, 0.05) is 19.2 Å². The Balaban J connectivity index is 1.82. The topological polar surface area (TPSA) is 106 Å². The number of carbonyl (C=O) groups is 1. The van der Waals surface area contributed by atoms with Gasteiger partial charge in [0.2, 0.25) is 0 Å². The zero-order valence-electron chi connectivity index (χ0n) is 12.6. The van der Waals surface area contributed by atoms with E-state index in [1.807, 2.05) is 24.3 Å². The van der Waals surface area contributed by atoms with Gasteiger partial charge in [-0.1, -0.05) is 12.1 Å². The summed E-state index contributed by atoms with van der Waals surface area (Å²) in [6.45, 7) is 0.529. The number of nitrogens with zero attached hydrogens (tertiary/aromatic N) is 3. The van der Waals surface area contributed by atoms with Crippen molar-refractivity contribution in [2.75, 3.05) is 18.1 Å². The highest BCUT2D eigenvalue weighted by Crippen LogP contribution is 2.19. The lowest BCUT2D eigenvalue weighted by atomic mass is 10.1. The molecule has 1 aromatic carbocycles. The van der Waals surface area contributed by atoms with Crippen LogP contribution in [0.1, 0.15) is 15.9 Å². The fourth-order valence-electron chi connectivity index (χ4n) is 2.25. The molecule has 0 spiro atoms. The number of nitrogen functional groups attached to an aromatic ring is 1. The van der Waals surface area contributed by atoms with Crippen molar-refractivity contribution in [3.63, 3.8) is 0 Å². The first kappa shape index (κ1) is 14.7. The third kappa shape index (κ3) is 3.18. The van der Waals surface area contributed by atoms with Gasteiger partial charge in [0.25, 0.3) is 5.91 Å². The predicted octanol–water partition coefficient (Wildman–Crippen LogP) is 1.58. The lowest BCUT2D eigenvalue weighted by Gasteiger charge is -2.09. The molecule has 2 heterocycles. The Morgan fingerprint density at radius 3 is 2.91 bits per heavy atom. The van der Waals surface area contributed by atoms with E-state index < -0.39 is 0 Å². The van der Waals surface area contributed by atoms with E-state index in [0.29, 0.717) is 29.4 Å². The van der Waals surface area contributed by atoms with Crippen molar-refractivity contribution in [2.45, 2.75) is 6.54 Å². The van der Waals surface area contributed by atoms with E-state index in [4.69, 9.17) is 5.73 Å². The smallest absolute Gasteiger partial charge is 0.251 e. The second-order valence-corrected chi connectivity index (χ2v) is 4.96. The van der Waals surface area contributed by atoms with Gasteiger partial charge in [0.15, 0.2) is 5.65 Å². The van der Waals surface area contributed by atoms with Gasteiger partial charge in [0.05, 0.1) is 5.39 Å². The number of benzene rings is 1. The molecular weight excluding hydrogens is 292 g/mol. The van der Waals surface area contributed by atoms with Crippen LogP contribution in [0, 0.1) is 0 Å². The molecule has 3 rings (SSSR count). The van der Waals surface area contributed by atoms with Gasteiger partial charge in [-0.3, -0.25) is 4.79 Å². The number of nitrogens with two attached hydrogens (primary N) is 1. The molecule has 1 amide bonds. The van der Waals surface area contributed by atoms with E-state index >= 15 is 0 Å². The van der Waals surface area contributed by atoms with Crippen LogP contribution < -0.4 is 16.4 Å². The zero-order valence-corrected chi connectivity index (χ0v) is 12.6. The molecule has 3 aromatic rings. The Labute approximate surface area is 133 Å². The maximum absolute atomic E-state index is 11.7. The summed E-state index contributed by atoms with van der Waals surface area (Å²) in [5.41, 5.74) is 7.80. The molecule has 0 atom stereocenters. The molecule has 2 aromatic heterocycles. The second-order valence-electron chi connectivity index (χ2n) is 4.96. The molecule has 0 aliphatic rings. The Bertz CT molecular complexity index is 864. The van der Waals surface area contributed by atoms with Crippen LogP contribution >= 0.6 is 0 Å². The van der Waals surface area contributed by atoms with E-state index in [-0.39, 0.29) is 5.91 Å². The van der Waals surface area contributed by atoms with Crippen molar-refractivity contribution in [3.05, 3.63) is 53.9 Å². The first-order valence-electron chi connectivity index (χ1n) is 7.09. The van der Waals surface area contributed by atoms with Gasteiger partial charge in [-0.05, 0) is 29.8 Å². The molecule has 0 bridgehead atoms. The van der Waals surface area contributed by atoms with Gasteiger partial charge in [0.1, 0.15) is 18.0 Å². The van der Waals surface area contributed by atoms with Crippen LogP contribution in [0.15, 0.2) is 42.7 Å². The molecule has 7 heteroatoms. The largest absolute Gasteiger partial charge is 0.384 e. The summed E-state index contributed by atoms with van der Waals surface area (Å²) in [7, 11) is 1.61. The molecule has 0 saturated heterocycles. The van der Waals surface area contributed by atoms with Crippen LogP contribution in [-0.2, 0) is 6.54 Å². The van der Waals surface area contributed by atoms with Crippen molar-refractivity contribution in [1.82, 2.24) is 20.3 Å². The van der Waals surface area contributed by atoms with Crippen molar-refractivity contribution in [3.8, 4) is 0 Å². The average Bonchev–Trinajstić information content (AvgIpc) is 2.59. The molecule has 0 saturated carbocycles. The van der Waals surface area contributed by atoms with Crippen LogP contribution in [-0.4, -0.2) is 27.9 Å². The van der Waals surface area contributed by atoms with Crippen molar-refractivity contribution in [2.24, 2.45) is 0 Å². The highest BCUT2D eigenvalue weighted by molar-refractivity contribution is 5.94. The molecule has 4 N–H and O–H groups in total. The number of amides is 1. The number of rotatable bonds is 4. The van der Waals surface area contributed by atoms with Gasteiger partial charge in [-0.2, -0.15) is 0 Å². The van der Waals surface area contributed by atoms with Crippen LogP contribution in [0.5, 0.6) is 0 Å². The van der Waals surface area contributed by atoms with Gasteiger partial charge < -0.3 is 16.4 Å². The third-order valence-electron chi connectivity index (χ3n) is 3.39. The van der Waals surface area contributed by atoms with Gasteiger partial charge in [-0.25, -0.2) is 15.0 Å². The number of aromatic nitrogens is 3. The minimum atomic E-state index is -0.112. The number of hydrogen-bond acceptors (Lipinski definition) is 6. The maximum atomic E-state index is 11.7. The Morgan fingerprint density at radius 2 is 2.09 bits per heavy atom. The summed E-state index contributed by atoms with van der Waals surface area (Å²) < 4.78 is 0. The monoisotopic (exact) mass is 308 g/mol. The quantitative estimate of drug-likeness (QED) is 0.675. The van der Waals surface area contributed by atoms with Crippen LogP contribution in [0.2, 0.25) is 0 Å². The molecule has 7 nitrogen and oxygen atoms in total. The van der Waals surface area contributed by atoms with Crippen molar-refractivity contribution >= 4 is 28.6 Å². The van der Waals surface area contributed by atoms with Crippen molar-refractivity contribution in [1.29, 1.82) is 0 Å². The normalized spacial score (nSPS) is 10.5. The minimum absolute atomic E-state index is 0.112. The van der Waals surface area contributed by atoms with E-state index in [9.17, 15) is 4.79 Å². The molecule has 0 aliphatic heterocycles. The molecular formula is C16H16N6O. The van der Waals surface area contributed by atoms with E-state index in [0.717, 1.165) is 10.9 Å². The number of fused-ring (bicyclic) bond motifs is 1. The Kier molecular flexibility index (Phi) is 4.01. The fraction of sp³-hybridized carbons (Fsp3) is 0.125. The lowest BCUT2D eigenvalue weighted by Crippen LogP contribution is -2.18. The summed E-state index contributed by atoms with van der Waals surface area (Å²) in [4.78, 5) is 24.2. The first-order chi connectivity index (χ1) is 11.2. The van der Waals surface area contributed by atoms with Gasteiger partial charge >= 0.3 is 0 Å². The number of nitrogens with one attached hydrogen (secondary N) is 2. The lowest BCUT2D eigenvalue weighted by molar-refractivity contribution is 0.0963. The van der Waals surface area contributed by atoms with Crippen LogP contribution in [0.4, 0.5) is 11.6 Å². The van der Waals surface area contributed by atoms with E-state index in [1.54, 1.807) is 19.2 Å². The van der Waals surface area contributed by atoms with Crippen LogP contribution in [0.3, 0.4) is 0 Å². The highest BCUT2D eigenvalue weighted by atomic mass is 16.1. The van der Waals surface area contributed by atoms with Crippen LogP contribution in [0.25, 0.3) is 11.0 Å². The standard InChI is InChI=1S/C16H16N6O/c1-18-16(23)11-4-2-3-10(7-11)8-19-14-12-5-6-13(17)22-15(12)21-9-20-14/h2-7,9H,8H2,1H3,(H,18,23)(H3,17,19,20,21,22). The zero-order chi connectivity index (χ0) is 16.2. The Hall–Kier alpha value is -3.22. The summed E-state index contributed by atoms with van der Waals surface area (Å²) in [5.74, 6) is 0.979. The molecule has 0 unspecified atom stereocenters. The summed E-state index contributed by atoms with van der Waals surface area (Å²) in [5, 5.41) is 6.65. The summed E-state index contributed by atoms with van der Waals surface area (Å²) >= 11 is 0. The predicted molar refractivity (Wildman–Crippen MR) is 88.9 cm³/mol. The maximum Gasteiger partial charge on any atom is 0.251 e. The van der Waals surface area contributed by atoms with E-state index in [2.05, 4.69) is 25.6 Å². The van der Waals surface area contributed by atoms with Crippen molar-refractivity contribution < 1.29 is 4.79 Å². The van der Waals surface area contributed by atoms with Gasteiger partial charge in [-0.15, -0.1) is 0 Å². The first-order valence-corrected chi connectivity index (χ1v) is 7.09. The summed E-state index contributed by atoms with van der Waals surface area (Å²) in [6.07, 6.45) is 1.44. The molecule has 0 aliphatic carbocycles. The minimum Gasteiger partial charge on any atom is -0.384 e. The number of hydrogen-bond donors (Lipinski definition) is 3.